The Morgan fingerprint density at radius 1 is 0.951 bits per heavy atom. The van der Waals surface area contributed by atoms with Crippen molar-refractivity contribution in [2.45, 2.75) is 26.5 Å². The highest BCUT2D eigenvalue weighted by Crippen LogP contribution is 2.27. The summed E-state index contributed by atoms with van der Waals surface area (Å²) in [4.78, 5) is 20.4. The Hall–Kier alpha value is -4.70. The molecule has 0 radical (unpaired) electrons. The van der Waals surface area contributed by atoms with Gasteiger partial charge in [-0.3, -0.25) is 0 Å². The summed E-state index contributed by atoms with van der Waals surface area (Å²) in [6, 6.07) is 17.2. The number of carboxylic acid groups (broad SMARTS) is 1. The number of hydrogen-bond acceptors (Lipinski definition) is 5. The van der Waals surface area contributed by atoms with Crippen LogP contribution in [0, 0.1) is 24.4 Å². The number of aryl methyl sites for hydroxylation is 1. The van der Waals surface area contributed by atoms with Gasteiger partial charge < -0.3 is 19.1 Å². The molecule has 0 fully saturated rings. The second kappa shape index (κ2) is 11.8. The zero-order valence-corrected chi connectivity index (χ0v) is 22.3. The van der Waals surface area contributed by atoms with Gasteiger partial charge in [-0.15, -0.1) is 0 Å². The number of pyridine rings is 1. The molecule has 3 aromatic carbocycles. The second-order valence-corrected chi connectivity index (χ2v) is 9.50. The third-order valence-electron chi connectivity index (χ3n) is 6.68. The first kappa shape index (κ1) is 27.9. The van der Waals surface area contributed by atoms with Crippen molar-refractivity contribution in [3.63, 3.8) is 0 Å². The summed E-state index contributed by atoms with van der Waals surface area (Å²) in [5.74, 6) is -2.55. The van der Waals surface area contributed by atoms with Crippen molar-refractivity contribution >= 4 is 17.0 Å². The molecule has 0 spiro atoms. The molecule has 0 unspecified atom stereocenters. The van der Waals surface area contributed by atoms with Gasteiger partial charge in [-0.1, -0.05) is 30.3 Å². The van der Waals surface area contributed by atoms with E-state index in [1.165, 1.54) is 29.9 Å². The fourth-order valence-electron chi connectivity index (χ4n) is 4.55. The maximum Gasteiger partial charge on any atom is 0.338 e. The average molecular weight is 562 g/mol. The van der Waals surface area contributed by atoms with Crippen molar-refractivity contribution < 1.29 is 32.5 Å². The lowest BCUT2D eigenvalue weighted by atomic mass is 10.1. The number of carboxylic acids is 1. The monoisotopic (exact) mass is 561 g/mol. The number of carbonyl (C=O) groups is 1. The number of halogens is 3. The van der Waals surface area contributed by atoms with Crippen LogP contribution in [0.4, 0.5) is 13.2 Å². The van der Waals surface area contributed by atoms with E-state index in [1.54, 1.807) is 49.4 Å². The molecule has 5 rings (SSSR count). The molecular weight excluding hydrogens is 535 g/mol. The first-order valence-electron chi connectivity index (χ1n) is 12.8. The van der Waals surface area contributed by atoms with Gasteiger partial charge in [0.25, 0.3) is 0 Å². The Morgan fingerprint density at radius 3 is 2.46 bits per heavy atom. The molecule has 41 heavy (non-hydrogen) atoms. The van der Waals surface area contributed by atoms with Crippen LogP contribution in [0.3, 0.4) is 0 Å². The van der Waals surface area contributed by atoms with Gasteiger partial charge in [0, 0.05) is 37.3 Å². The largest absolute Gasteiger partial charge is 0.478 e. The predicted octanol–water partition coefficient (Wildman–Crippen LogP) is 6.34. The highest BCUT2D eigenvalue weighted by molar-refractivity contribution is 5.93. The Kier molecular flexibility index (Phi) is 8.02. The lowest BCUT2D eigenvalue weighted by Gasteiger charge is -2.11. The molecule has 0 bridgehead atoms. The van der Waals surface area contributed by atoms with Crippen molar-refractivity contribution in [1.82, 2.24) is 14.5 Å². The maximum absolute atomic E-state index is 15.3. The molecule has 5 aromatic rings. The van der Waals surface area contributed by atoms with E-state index in [0.29, 0.717) is 28.2 Å². The zero-order valence-electron chi connectivity index (χ0n) is 22.3. The standard InChI is InChI=1S/C31H26F3N3O4/c1-18-6-7-21(23(32)14-18)17-41-28-5-3-4-25(36-28)20-9-8-19(24(33)15-20)16-27-35-26-11-10-22(31(38)39)29(34)30(26)37(27)12-13-40-2/h3-11,14-15H,12-13,16-17H2,1-2H3,(H,38,39). The van der Waals surface area contributed by atoms with E-state index >= 15 is 8.78 Å². The molecule has 0 aliphatic rings. The molecule has 0 saturated carbocycles. The van der Waals surface area contributed by atoms with Gasteiger partial charge in [-0.25, -0.2) is 27.9 Å². The van der Waals surface area contributed by atoms with Crippen LogP contribution in [0.1, 0.15) is 32.9 Å². The first-order valence-corrected chi connectivity index (χ1v) is 12.8. The number of aromatic carboxylic acids is 1. The van der Waals surface area contributed by atoms with Crippen molar-refractivity contribution in [2.75, 3.05) is 13.7 Å². The molecule has 2 aromatic heterocycles. The van der Waals surface area contributed by atoms with Gasteiger partial charge in [-0.05, 0) is 48.4 Å². The summed E-state index contributed by atoms with van der Waals surface area (Å²) in [5, 5.41) is 9.34. The Labute approximate surface area is 233 Å². The highest BCUT2D eigenvalue weighted by atomic mass is 19.1. The Bertz CT molecular complexity index is 1750. The third kappa shape index (κ3) is 5.92. The molecule has 7 nitrogen and oxygen atoms in total. The number of aromatic nitrogens is 3. The number of methoxy groups -OCH3 is 1. The number of nitrogens with zero attached hydrogens (tertiary/aromatic N) is 3. The Morgan fingerprint density at radius 2 is 1.73 bits per heavy atom. The third-order valence-corrected chi connectivity index (χ3v) is 6.68. The smallest absolute Gasteiger partial charge is 0.338 e. The van der Waals surface area contributed by atoms with Crippen LogP contribution < -0.4 is 4.74 Å². The fraction of sp³-hybridized carbons (Fsp3) is 0.194. The molecule has 0 atom stereocenters. The number of hydrogen-bond donors (Lipinski definition) is 1. The van der Waals surface area contributed by atoms with Gasteiger partial charge in [0.15, 0.2) is 5.82 Å². The predicted molar refractivity (Wildman–Crippen MR) is 146 cm³/mol. The topological polar surface area (TPSA) is 86.5 Å². The molecule has 0 saturated heterocycles. The van der Waals surface area contributed by atoms with E-state index in [2.05, 4.69) is 9.97 Å². The number of rotatable bonds is 10. The minimum absolute atomic E-state index is 0.00547. The molecule has 10 heteroatoms. The second-order valence-electron chi connectivity index (χ2n) is 9.50. The minimum Gasteiger partial charge on any atom is -0.478 e. The SMILES string of the molecule is COCCn1c(Cc2ccc(-c3cccc(OCc4ccc(C)cc4F)n3)cc2F)nc2ccc(C(=O)O)c(F)c21. The highest BCUT2D eigenvalue weighted by Gasteiger charge is 2.21. The van der Waals surface area contributed by atoms with Gasteiger partial charge >= 0.3 is 5.97 Å². The van der Waals surface area contributed by atoms with Crippen LogP contribution in [0.2, 0.25) is 0 Å². The lowest BCUT2D eigenvalue weighted by Crippen LogP contribution is -2.11. The van der Waals surface area contributed by atoms with Gasteiger partial charge in [-0.2, -0.15) is 0 Å². The molecule has 2 heterocycles. The van der Waals surface area contributed by atoms with Crippen LogP contribution in [-0.2, 0) is 24.3 Å². The summed E-state index contributed by atoms with van der Waals surface area (Å²) in [5.41, 5.74) is 2.31. The lowest BCUT2D eigenvalue weighted by molar-refractivity contribution is 0.0692. The van der Waals surface area contributed by atoms with E-state index < -0.39 is 23.2 Å². The van der Waals surface area contributed by atoms with Crippen molar-refractivity contribution in [2.24, 2.45) is 0 Å². The maximum atomic E-state index is 15.3. The molecule has 0 amide bonds. The number of imidazole rings is 1. The van der Waals surface area contributed by atoms with Gasteiger partial charge in [0.2, 0.25) is 5.88 Å². The normalized spacial score (nSPS) is 11.2. The van der Waals surface area contributed by atoms with Gasteiger partial charge in [0.05, 0.1) is 23.4 Å². The van der Waals surface area contributed by atoms with E-state index in [1.807, 2.05) is 0 Å². The van der Waals surface area contributed by atoms with Crippen molar-refractivity contribution in [1.29, 1.82) is 0 Å². The molecule has 0 aliphatic heterocycles. The quantitative estimate of drug-likeness (QED) is 0.214. The summed E-state index contributed by atoms with van der Waals surface area (Å²) >= 11 is 0. The average Bonchev–Trinajstić information content (AvgIpc) is 3.30. The van der Waals surface area contributed by atoms with E-state index in [9.17, 15) is 14.3 Å². The van der Waals surface area contributed by atoms with Crippen LogP contribution in [0.25, 0.3) is 22.3 Å². The molecule has 210 valence electrons. The summed E-state index contributed by atoms with van der Waals surface area (Å²) in [6.45, 7) is 2.22. The van der Waals surface area contributed by atoms with Crippen LogP contribution in [0.15, 0.2) is 66.7 Å². The number of benzene rings is 3. The van der Waals surface area contributed by atoms with Crippen LogP contribution >= 0.6 is 0 Å². The first-order chi connectivity index (χ1) is 19.7. The van der Waals surface area contributed by atoms with E-state index in [4.69, 9.17) is 9.47 Å². The van der Waals surface area contributed by atoms with Crippen molar-refractivity contribution in [3.05, 3.63) is 112 Å². The van der Waals surface area contributed by atoms with Crippen LogP contribution in [0.5, 0.6) is 5.88 Å². The van der Waals surface area contributed by atoms with E-state index in [0.717, 1.165) is 11.6 Å². The fourth-order valence-corrected chi connectivity index (χ4v) is 4.55. The van der Waals surface area contributed by atoms with Crippen LogP contribution in [-0.4, -0.2) is 39.3 Å². The van der Waals surface area contributed by atoms with E-state index in [-0.39, 0.29) is 48.9 Å². The minimum atomic E-state index is -1.39. The van der Waals surface area contributed by atoms with Crippen molar-refractivity contribution in [3.8, 4) is 17.1 Å². The van der Waals surface area contributed by atoms with Gasteiger partial charge in [0.1, 0.15) is 29.6 Å². The Balaban J connectivity index is 1.40. The number of fused-ring (bicyclic) bond motifs is 1. The molecule has 0 aliphatic carbocycles. The summed E-state index contributed by atoms with van der Waals surface area (Å²) < 4.78 is 56.9. The zero-order chi connectivity index (χ0) is 29.1. The molecule has 1 N–H and O–H groups in total. The summed E-state index contributed by atoms with van der Waals surface area (Å²) in [7, 11) is 1.49. The molecular formula is C31H26F3N3O4. The number of ether oxygens (including phenoxy) is 2. The summed E-state index contributed by atoms with van der Waals surface area (Å²) in [6.07, 6.45) is 0.0328.